The fraction of sp³-hybridized carbons (Fsp3) is 0.250. The number of esters is 1. The summed E-state index contributed by atoms with van der Waals surface area (Å²) in [6.07, 6.45) is -2.77. The van der Waals surface area contributed by atoms with Gasteiger partial charge in [0.15, 0.2) is 0 Å². The summed E-state index contributed by atoms with van der Waals surface area (Å²) in [5.41, 5.74) is 4.83. The molecule has 11 nitrogen and oxygen atoms in total. The van der Waals surface area contributed by atoms with Gasteiger partial charge < -0.3 is 29.7 Å². The van der Waals surface area contributed by atoms with E-state index in [0.717, 1.165) is 5.56 Å². The molecule has 5 aromatic rings. The van der Waals surface area contributed by atoms with E-state index in [1.54, 1.807) is 36.4 Å². The SMILES string of the molecule is CC(C)c1c(C(=O)Nc2ccccc2)c(-c2ccccc2)c(-c2ccc(F)cc2)n1CC[C@H](O)C[C@H](O)CC(=O)Oc1ccccc1CO[N+](=O)[O-]. The number of aromatic nitrogens is 1. The van der Waals surface area contributed by atoms with E-state index in [9.17, 15) is 34.3 Å². The Balaban J connectivity index is 1.42. The van der Waals surface area contributed by atoms with Crippen molar-refractivity contribution in [3.63, 3.8) is 0 Å². The normalized spacial score (nSPS) is 12.3. The van der Waals surface area contributed by atoms with E-state index in [1.807, 2.05) is 66.9 Å². The number of rotatable bonds is 16. The highest BCUT2D eigenvalue weighted by atomic mass is 19.1. The van der Waals surface area contributed by atoms with Crippen molar-refractivity contribution < 1.29 is 38.9 Å². The van der Waals surface area contributed by atoms with Crippen molar-refractivity contribution in [3.8, 4) is 28.1 Å². The molecule has 2 atom stereocenters. The predicted octanol–water partition coefficient (Wildman–Crippen LogP) is 7.54. The lowest BCUT2D eigenvalue weighted by Gasteiger charge is -2.20. The summed E-state index contributed by atoms with van der Waals surface area (Å²) in [6, 6.07) is 30.8. The third kappa shape index (κ3) is 9.47. The zero-order chi connectivity index (χ0) is 37.2. The fourth-order valence-electron chi connectivity index (χ4n) is 6.20. The zero-order valence-electron chi connectivity index (χ0n) is 28.8. The van der Waals surface area contributed by atoms with Crippen LogP contribution in [-0.4, -0.2) is 44.0 Å². The molecule has 0 spiro atoms. The highest BCUT2D eigenvalue weighted by Gasteiger charge is 2.31. The van der Waals surface area contributed by atoms with Crippen molar-refractivity contribution in [1.82, 2.24) is 4.57 Å². The van der Waals surface area contributed by atoms with Crippen molar-refractivity contribution in [1.29, 1.82) is 0 Å². The van der Waals surface area contributed by atoms with Gasteiger partial charge in [-0.15, -0.1) is 10.1 Å². The van der Waals surface area contributed by atoms with Crippen LogP contribution in [0.4, 0.5) is 10.1 Å². The van der Waals surface area contributed by atoms with Gasteiger partial charge in [0.05, 0.1) is 29.9 Å². The number of carbonyl (C=O) groups is 2. The number of benzene rings is 4. The van der Waals surface area contributed by atoms with Gasteiger partial charge >= 0.3 is 5.97 Å². The first-order valence-electron chi connectivity index (χ1n) is 16.9. The largest absolute Gasteiger partial charge is 0.426 e. The van der Waals surface area contributed by atoms with Crippen LogP contribution < -0.4 is 10.1 Å². The van der Waals surface area contributed by atoms with Gasteiger partial charge in [0.1, 0.15) is 18.2 Å². The third-order valence-corrected chi connectivity index (χ3v) is 8.44. The Morgan fingerprint density at radius 1 is 0.865 bits per heavy atom. The van der Waals surface area contributed by atoms with E-state index < -0.39 is 42.1 Å². The van der Waals surface area contributed by atoms with Crippen LogP contribution in [0.5, 0.6) is 5.75 Å². The molecule has 4 aromatic carbocycles. The van der Waals surface area contributed by atoms with E-state index in [1.165, 1.54) is 24.3 Å². The molecule has 5 rings (SSSR count). The van der Waals surface area contributed by atoms with Gasteiger partial charge in [-0.05, 0) is 72.4 Å². The number of halogens is 1. The monoisotopic (exact) mass is 709 g/mol. The lowest BCUT2D eigenvalue weighted by molar-refractivity contribution is -0.763. The van der Waals surface area contributed by atoms with Gasteiger partial charge in [0.2, 0.25) is 0 Å². The molecule has 12 heteroatoms. The van der Waals surface area contributed by atoms with Crippen molar-refractivity contribution in [2.45, 2.75) is 64.4 Å². The first kappa shape index (κ1) is 37.4. The standard InChI is InChI=1S/C40H40FN3O8/c1-26(2)38-37(40(48)42-31-14-7-4-8-15-31)36(27-11-5-3-6-12-27)39(28-17-19-30(41)20-18-28)43(38)22-21-32(45)23-33(46)24-35(47)52-34-16-10-9-13-29(34)25-51-44(49)50/h3-20,26,32-33,45-46H,21-25H2,1-2H3,(H,42,48)/t32-,33-/m0/s1. The van der Waals surface area contributed by atoms with E-state index >= 15 is 0 Å². The number of aliphatic hydroxyl groups excluding tert-OH is 2. The molecule has 0 aliphatic rings. The summed E-state index contributed by atoms with van der Waals surface area (Å²) in [5.74, 6) is -1.63. The van der Waals surface area contributed by atoms with Gasteiger partial charge in [-0.1, -0.05) is 80.6 Å². The lowest BCUT2D eigenvalue weighted by atomic mass is 9.94. The number of nitrogens with one attached hydrogen (secondary N) is 1. The van der Waals surface area contributed by atoms with Crippen molar-refractivity contribution in [2.75, 3.05) is 5.32 Å². The molecule has 0 aliphatic heterocycles. The van der Waals surface area contributed by atoms with Crippen molar-refractivity contribution in [3.05, 3.63) is 142 Å². The van der Waals surface area contributed by atoms with Crippen LogP contribution in [-0.2, 0) is 22.8 Å². The molecule has 1 amide bonds. The van der Waals surface area contributed by atoms with Crippen LogP contribution in [0.1, 0.15) is 60.6 Å². The van der Waals surface area contributed by atoms with Crippen LogP contribution in [0.3, 0.4) is 0 Å². The Morgan fingerprint density at radius 3 is 2.15 bits per heavy atom. The van der Waals surface area contributed by atoms with Crippen LogP contribution in [0.2, 0.25) is 0 Å². The van der Waals surface area contributed by atoms with Crippen LogP contribution in [0.25, 0.3) is 22.4 Å². The smallest absolute Gasteiger partial charge is 0.313 e. The molecule has 0 aliphatic carbocycles. The molecule has 0 unspecified atom stereocenters. The second kappa shape index (κ2) is 17.4. The fourth-order valence-corrected chi connectivity index (χ4v) is 6.20. The van der Waals surface area contributed by atoms with Crippen LogP contribution in [0, 0.1) is 15.9 Å². The molecule has 0 bridgehead atoms. The summed E-state index contributed by atoms with van der Waals surface area (Å²) < 4.78 is 21.5. The van der Waals surface area contributed by atoms with Gasteiger partial charge in [0, 0.05) is 29.1 Å². The number of carbonyl (C=O) groups excluding carboxylic acids is 2. The van der Waals surface area contributed by atoms with E-state index in [4.69, 9.17) is 4.74 Å². The van der Waals surface area contributed by atoms with E-state index in [2.05, 4.69) is 10.2 Å². The average molecular weight is 710 g/mol. The average Bonchev–Trinajstić information content (AvgIpc) is 3.47. The topological polar surface area (TPSA) is 153 Å². The summed E-state index contributed by atoms with van der Waals surface area (Å²) in [7, 11) is 0. The number of anilines is 1. The Morgan fingerprint density at radius 2 is 1.50 bits per heavy atom. The number of hydrogen-bond donors (Lipinski definition) is 3. The number of amides is 1. The summed E-state index contributed by atoms with van der Waals surface area (Å²) in [6.45, 7) is 3.75. The first-order chi connectivity index (χ1) is 25.0. The minimum Gasteiger partial charge on any atom is -0.426 e. The third-order valence-electron chi connectivity index (χ3n) is 8.44. The Bertz CT molecular complexity index is 1980. The van der Waals surface area contributed by atoms with Gasteiger partial charge in [0.25, 0.3) is 11.0 Å². The maximum absolute atomic E-state index is 14.2. The summed E-state index contributed by atoms with van der Waals surface area (Å²) >= 11 is 0. The van der Waals surface area contributed by atoms with Gasteiger partial charge in [-0.25, -0.2) is 4.39 Å². The Labute approximate surface area is 300 Å². The molecular weight excluding hydrogens is 669 g/mol. The minimum atomic E-state index is -1.26. The Hall–Kier alpha value is -5.85. The summed E-state index contributed by atoms with van der Waals surface area (Å²) in [4.78, 5) is 41.9. The molecule has 0 saturated carbocycles. The molecule has 1 aromatic heterocycles. The molecule has 0 saturated heterocycles. The number of ether oxygens (including phenoxy) is 1. The molecule has 52 heavy (non-hydrogen) atoms. The second-order valence-electron chi connectivity index (χ2n) is 12.6. The van der Waals surface area contributed by atoms with Crippen molar-refractivity contribution >= 4 is 17.6 Å². The lowest BCUT2D eigenvalue weighted by Crippen LogP contribution is -2.24. The minimum absolute atomic E-state index is 0.0607. The first-order valence-corrected chi connectivity index (χ1v) is 16.9. The highest BCUT2D eigenvalue weighted by Crippen LogP contribution is 2.42. The molecule has 0 radical (unpaired) electrons. The van der Waals surface area contributed by atoms with E-state index in [0.29, 0.717) is 33.8 Å². The van der Waals surface area contributed by atoms with Gasteiger partial charge in [-0.3, -0.25) is 9.59 Å². The zero-order valence-corrected chi connectivity index (χ0v) is 28.8. The molecular formula is C40H40FN3O8. The second-order valence-corrected chi connectivity index (χ2v) is 12.6. The van der Waals surface area contributed by atoms with E-state index in [-0.39, 0.29) is 42.5 Å². The number of nitrogens with zero attached hydrogens (tertiary/aromatic N) is 2. The van der Waals surface area contributed by atoms with Crippen LogP contribution in [0.15, 0.2) is 109 Å². The number of para-hydroxylation sites is 2. The number of aliphatic hydroxyl groups is 2. The molecule has 3 N–H and O–H groups in total. The van der Waals surface area contributed by atoms with Crippen LogP contribution >= 0.6 is 0 Å². The predicted molar refractivity (Wildman–Crippen MR) is 193 cm³/mol. The van der Waals surface area contributed by atoms with Gasteiger partial charge in [-0.2, -0.15) is 0 Å². The number of hydrogen-bond acceptors (Lipinski definition) is 8. The molecule has 1 heterocycles. The maximum Gasteiger partial charge on any atom is 0.313 e. The molecule has 0 fully saturated rings. The molecule has 270 valence electrons. The Kier molecular flexibility index (Phi) is 12.5. The highest BCUT2D eigenvalue weighted by molar-refractivity contribution is 6.12. The summed E-state index contributed by atoms with van der Waals surface area (Å²) in [5, 5.41) is 34.6. The van der Waals surface area contributed by atoms with Crippen molar-refractivity contribution in [2.24, 2.45) is 0 Å². The maximum atomic E-state index is 14.2. The quantitative estimate of drug-likeness (QED) is 0.0411.